The first-order valence-electron chi connectivity index (χ1n) is 4.87. The SMILES string of the molecule is COC(=O)C(C)(C)[C@H]1CC[C@H](CO)O1. The van der Waals surface area contributed by atoms with Gasteiger partial charge in [0, 0.05) is 0 Å². The molecule has 1 rings (SSSR count). The third-order valence-corrected chi connectivity index (χ3v) is 2.83. The van der Waals surface area contributed by atoms with E-state index in [2.05, 4.69) is 0 Å². The molecule has 0 spiro atoms. The Kier molecular flexibility index (Phi) is 3.50. The van der Waals surface area contributed by atoms with E-state index in [0.717, 1.165) is 12.8 Å². The summed E-state index contributed by atoms with van der Waals surface area (Å²) in [5.74, 6) is -0.263. The largest absolute Gasteiger partial charge is 0.469 e. The molecule has 0 bridgehead atoms. The summed E-state index contributed by atoms with van der Waals surface area (Å²) in [7, 11) is 1.38. The Morgan fingerprint density at radius 2 is 2.21 bits per heavy atom. The summed E-state index contributed by atoms with van der Waals surface area (Å²) < 4.78 is 10.3. The molecule has 1 heterocycles. The molecule has 1 saturated heterocycles. The lowest BCUT2D eigenvalue weighted by Crippen LogP contribution is -2.38. The summed E-state index contributed by atoms with van der Waals surface area (Å²) in [5.41, 5.74) is -0.626. The molecule has 0 aromatic rings. The van der Waals surface area contributed by atoms with Crippen molar-refractivity contribution in [3.63, 3.8) is 0 Å². The van der Waals surface area contributed by atoms with Gasteiger partial charge in [0.1, 0.15) is 0 Å². The molecule has 1 fully saturated rings. The third kappa shape index (κ3) is 2.07. The van der Waals surface area contributed by atoms with Gasteiger partial charge in [-0.3, -0.25) is 4.79 Å². The molecule has 1 N–H and O–H groups in total. The van der Waals surface area contributed by atoms with Crippen LogP contribution in [0.2, 0.25) is 0 Å². The number of aliphatic hydroxyl groups is 1. The first-order valence-corrected chi connectivity index (χ1v) is 4.87. The lowest BCUT2D eigenvalue weighted by atomic mass is 9.85. The van der Waals surface area contributed by atoms with Gasteiger partial charge in [-0.2, -0.15) is 0 Å². The molecule has 4 heteroatoms. The minimum atomic E-state index is -0.626. The highest BCUT2D eigenvalue weighted by Gasteiger charge is 2.42. The number of rotatable bonds is 3. The van der Waals surface area contributed by atoms with Crippen molar-refractivity contribution < 1.29 is 19.4 Å². The monoisotopic (exact) mass is 202 g/mol. The number of esters is 1. The fourth-order valence-corrected chi connectivity index (χ4v) is 1.77. The molecule has 1 aliphatic heterocycles. The zero-order chi connectivity index (χ0) is 10.8. The quantitative estimate of drug-likeness (QED) is 0.685. The standard InChI is InChI=1S/C10H18O4/c1-10(2,9(12)13-3)8-5-4-7(6-11)14-8/h7-8,11H,4-6H2,1-3H3/t7-,8-/m1/s1. The zero-order valence-corrected chi connectivity index (χ0v) is 8.95. The summed E-state index contributed by atoms with van der Waals surface area (Å²) >= 11 is 0. The Balaban J connectivity index is 2.61. The molecular formula is C10H18O4. The van der Waals surface area contributed by atoms with Crippen molar-refractivity contribution in [3.05, 3.63) is 0 Å². The van der Waals surface area contributed by atoms with E-state index in [1.807, 2.05) is 13.8 Å². The summed E-state index contributed by atoms with van der Waals surface area (Å²) in [6.45, 7) is 3.64. The minimum absolute atomic E-state index is 0.0216. The van der Waals surface area contributed by atoms with Crippen LogP contribution in [0, 0.1) is 5.41 Å². The van der Waals surface area contributed by atoms with Gasteiger partial charge in [0.15, 0.2) is 0 Å². The molecule has 0 amide bonds. The van der Waals surface area contributed by atoms with Crippen LogP contribution in [0.25, 0.3) is 0 Å². The second-order valence-corrected chi connectivity index (χ2v) is 4.22. The molecule has 14 heavy (non-hydrogen) atoms. The van der Waals surface area contributed by atoms with Crippen LogP contribution in [-0.2, 0) is 14.3 Å². The maximum atomic E-state index is 11.5. The lowest BCUT2D eigenvalue weighted by molar-refractivity contribution is -0.160. The van der Waals surface area contributed by atoms with E-state index >= 15 is 0 Å². The molecule has 2 atom stereocenters. The van der Waals surface area contributed by atoms with E-state index < -0.39 is 5.41 Å². The van der Waals surface area contributed by atoms with Crippen LogP contribution in [-0.4, -0.2) is 37.0 Å². The van der Waals surface area contributed by atoms with Gasteiger partial charge in [-0.05, 0) is 26.7 Å². The van der Waals surface area contributed by atoms with Crippen LogP contribution < -0.4 is 0 Å². The predicted molar refractivity (Wildman–Crippen MR) is 50.8 cm³/mol. The predicted octanol–water partition coefficient (Wildman–Crippen LogP) is 0.725. The second kappa shape index (κ2) is 4.28. The van der Waals surface area contributed by atoms with Crippen molar-refractivity contribution in [2.45, 2.75) is 38.9 Å². The first kappa shape index (κ1) is 11.5. The highest BCUT2D eigenvalue weighted by molar-refractivity contribution is 5.76. The average Bonchev–Trinajstić information content (AvgIpc) is 2.65. The van der Waals surface area contributed by atoms with E-state index in [1.165, 1.54) is 7.11 Å². The van der Waals surface area contributed by atoms with E-state index in [-0.39, 0.29) is 24.8 Å². The van der Waals surface area contributed by atoms with Gasteiger partial charge in [0.2, 0.25) is 0 Å². The Morgan fingerprint density at radius 3 is 2.64 bits per heavy atom. The normalized spacial score (nSPS) is 27.7. The maximum Gasteiger partial charge on any atom is 0.313 e. The van der Waals surface area contributed by atoms with Crippen molar-refractivity contribution in [1.29, 1.82) is 0 Å². The van der Waals surface area contributed by atoms with Gasteiger partial charge >= 0.3 is 5.97 Å². The van der Waals surface area contributed by atoms with Crippen molar-refractivity contribution in [1.82, 2.24) is 0 Å². The Hall–Kier alpha value is -0.610. The van der Waals surface area contributed by atoms with Crippen molar-refractivity contribution >= 4 is 5.97 Å². The summed E-state index contributed by atoms with van der Waals surface area (Å²) in [6.07, 6.45) is 1.34. The van der Waals surface area contributed by atoms with Gasteiger partial charge in [-0.1, -0.05) is 0 Å². The maximum absolute atomic E-state index is 11.5. The van der Waals surface area contributed by atoms with Gasteiger partial charge in [0.05, 0.1) is 31.3 Å². The van der Waals surface area contributed by atoms with Crippen molar-refractivity contribution in [3.8, 4) is 0 Å². The second-order valence-electron chi connectivity index (χ2n) is 4.22. The number of ether oxygens (including phenoxy) is 2. The molecule has 0 saturated carbocycles. The molecule has 0 radical (unpaired) electrons. The number of methoxy groups -OCH3 is 1. The number of hydrogen-bond acceptors (Lipinski definition) is 4. The van der Waals surface area contributed by atoms with Gasteiger partial charge < -0.3 is 14.6 Å². The molecule has 4 nitrogen and oxygen atoms in total. The van der Waals surface area contributed by atoms with E-state index in [0.29, 0.717) is 0 Å². The van der Waals surface area contributed by atoms with Crippen LogP contribution in [0.1, 0.15) is 26.7 Å². The fourth-order valence-electron chi connectivity index (χ4n) is 1.77. The molecule has 0 aromatic carbocycles. The number of aliphatic hydroxyl groups excluding tert-OH is 1. The van der Waals surface area contributed by atoms with Crippen LogP contribution in [0.15, 0.2) is 0 Å². The summed E-state index contributed by atoms with van der Waals surface area (Å²) in [4.78, 5) is 11.5. The van der Waals surface area contributed by atoms with Crippen molar-refractivity contribution in [2.24, 2.45) is 5.41 Å². The average molecular weight is 202 g/mol. The van der Waals surface area contributed by atoms with Crippen LogP contribution >= 0.6 is 0 Å². The summed E-state index contributed by atoms with van der Waals surface area (Å²) in [6, 6.07) is 0. The lowest BCUT2D eigenvalue weighted by Gasteiger charge is -2.28. The zero-order valence-electron chi connectivity index (χ0n) is 8.95. The molecule has 1 aliphatic rings. The number of hydrogen-bond donors (Lipinski definition) is 1. The van der Waals surface area contributed by atoms with Crippen LogP contribution in [0.5, 0.6) is 0 Å². The van der Waals surface area contributed by atoms with Gasteiger partial charge in [-0.25, -0.2) is 0 Å². The minimum Gasteiger partial charge on any atom is -0.469 e. The highest BCUT2D eigenvalue weighted by atomic mass is 16.5. The number of carbonyl (C=O) groups excluding carboxylic acids is 1. The van der Waals surface area contributed by atoms with E-state index in [1.54, 1.807) is 0 Å². The third-order valence-electron chi connectivity index (χ3n) is 2.83. The Labute approximate surface area is 84.2 Å². The van der Waals surface area contributed by atoms with E-state index in [4.69, 9.17) is 14.6 Å². The fraction of sp³-hybridized carbons (Fsp3) is 0.900. The van der Waals surface area contributed by atoms with Crippen LogP contribution in [0.3, 0.4) is 0 Å². The molecule has 0 aliphatic carbocycles. The van der Waals surface area contributed by atoms with Gasteiger partial charge in [0.25, 0.3) is 0 Å². The number of carbonyl (C=O) groups is 1. The highest BCUT2D eigenvalue weighted by Crippen LogP contribution is 2.34. The topological polar surface area (TPSA) is 55.8 Å². The van der Waals surface area contributed by atoms with Crippen molar-refractivity contribution in [2.75, 3.05) is 13.7 Å². The molecular weight excluding hydrogens is 184 g/mol. The smallest absolute Gasteiger partial charge is 0.313 e. The van der Waals surface area contributed by atoms with E-state index in [9.17, 15) is 4.79 Å². The molecule has 82 valence electrons. The van der Waals surface area contributed by atoms with Crippen LogP contribution in [0.4, 0.5) is 0 Å². The molecule has 0 aromatic heterocycles. The Bertz CT molecular complexity index is 212. The summed E-state index contributed by atoms with van der Waals surface area (Å²) in [5, 5.41) is 8.90. The molecule has 0 unspecified atom stereocenters. The Morgan fingerprint density at radius 1 is 1.57 bits per heavy atom. The van der Waals surface area contributed by atoms with Gasteiger partial charge in [-0.15, -0.1) is 0 Å². The first-order chi connectivity index (χ1) is 6.52.